The molecule has 2 aromatic carbocycles. The zero-order chi connectivity index (χ0) is 21.4. The maximum Gasteiger partial charge on any atom is 0.304 e. The molecular formula is C22H21N7O2. The van der Waals surface area contributed by atoms with Gasteiger partial charge in [-0.15, -0.1) is 0 Å². The second-order valence-electron chi connectivity index (χ2n) is 7.19. The summed E-state index contributed by atoms with van der Waals surface area (Å²) in [4.78, 5) is 25.8. The van der Waals surface area contributed by atoms with Crippen LogP contribution in [-0.2, 0) is 13.0 Å². The van der Waals surface area contributed by atoms with Crippen molar-refractivity contribution < 1.29 is 9.53 Å². The fourth-order valence-corrected chi connectivity index (χ4v) is 3.80. The Bertz CT molecular complexity index is 1280. The third-order valence-electron chi connectivity index (χ3n) is 5.27. The predicted octanol–water partition coefficient (Wildman–Crippen LogP) is 2.50. The molecule has 0 unspecified atom stereocenters. The molecule has 0 saturated carbocycles. The Morgan fingerprint density at radius 1 is 1.16 bits per heavy atom. The van der Waals surface area contributed by atoms with Gasteiger partial charge in [0, 0.05) is 18.7 Å². The SMILES string of the molecule is COc1nc2c(C(N)=O)cccc2n1-c1nc2c(c(NCc3ccccc3)n1)CCN2. The van der Waals surface area contributed by atoms with E-state index in [9.17, 15) is 4.79 Å². The lowest BCUT2D eigenvalue weighted by atomic mass is 10.2. The van der Waals surface area contributed by atoms with Crippen molar-refractivity contribution in [3.05, 3.63) is 65.2 Å². The average molecular weight is 415 g/mol. The molecule has 0 aliphatic carbocycles. The third-order valence-corrected chi connectivity index (χ3v) is 5.27. The van der Waals surface area contributed by atoms with Crippen molar-refractivity contribution in [3.63, 3.8) is 0 Å². The number of aromatic nitrogens is 4. The molecule has 0 atom stereocenters. The molecule has 31 heavy (non-hydrogen) atoms. The minimum atomic E-state index is -0.556. The Morgan fingerprint density at radius 2 is 2.00 bits per heavy atom. The van der Waals surface area contributed by atoms with Crippen LogP contribution in [0.3, 0.4) is 0 Å². The van der Waals surface area contributed by atoms with Crippen molar-refractivity contribution >= 4 is 28.6 Å². The van der Waals surface area contributed by atoms with Crippen LogP contribution in [0.5, 0.6) is 6.01 Å². The largest absolute Gasteiger partial charge is 0.468 e. The first-order valence-electron chi connectivity index (χ1n) is 9.94. The van der Waals surface area contributed by atoms with Crippen LogP contribution in [-0.4, -0.2) is 39.1 Å². The Hall–Kier alpha value is -4.14. The number of amides is 1. The molecule has 3 heterocycles. The van der Waals surface area contributed by atoms with Gasteiger partial charge in [0.25, 0.3) is 5.91 Å². The van der Waals surface area contributed by atoms with Gasteiger partial charge in [-0.1, -0.05) is 36.4 Å². The molecule has 9 nitrogen and oxygen atoms in total. The lowest BCUT2D eigenvalue weighted by molar-refractivity contribution is 0.100. The van der Waals surface area contributed by atoms with Gasteiger partial charge in [0.2, 0.25) is 5.95 Å². The number of nitrogens with two attached hydrogens (primary N) is 1. The first-order valence-corrected chi connectivity index (χ1v) is 9.94. The van der Waals surface area contributed by atoms with Gasteiger partial charge in [-0.05, 0) is 24.1 Å². The summed E-state index contributed by atoms with van der Waals surface area (Å²) < 4.78 is 7.18. The van der Waals surface area contributed by atoms with E-state index in [1.807, 2.05) is 24.3 Å². The van der Waals surface area contributed by atoms with Gasteiger partial charge < -0.3 is 21.1 Å². The molecule has 0 bridgehead atoms. The summed E-state index contributed by atoms with van der Waals surface area (Å²) in [6.07, 6.45) is 0.834. The van der Waals surface area contributed by atoms with E-state index < -0.39 is 5.91 Å². The Balaban J connectivity index is 1.63. The topological polar surface area (TPSA) is 120 Å². The first kappa shape index (κ1) is 18.9. The number of benzene rings is 2. The second-order valence-corrected chi connectivity index (χ2v) is 7.19. The van der Waals surface area contributed by atoms with Gasteiger partial charge in [-0.25, -0.2) is 4.57 Å². The number of anilines is 2. The molecule has 1 amide bonds. The van der Waals surface area contributed by atoms with Crippen molar-refractivity contribution in [1.29, 1.82) is 0 Å². The van der Waals surface area contributed by atoms with E-state index >= 15 is 0 Å². The second kappa shape index (κ2) is 7.60. The number of methoxy groups -OCH3 is 1. The molecule has 0 saturated heterocycles. The highest BCUT2D eigenvalue weighted by Crippen LogP contribution is 2.32. The number of fused-ring (bicyclic) bond motifs is 2. The molecule has 1 aliphatic rings. The molecule has 0 radical (unpaired) electrons. The van der Waals surface area contributed by atoms with E-state index in [1.54, 1.807) is 16.7 Å². The quantitative estimate of drug-likeness (QED) is 0.442. The number of hydrogen-bond acceptors (Lipinski definition) is 7. The van der Waals surface area contributed by atoms with Crippen LogP contribution in [0.1, 0.15) is 21.5 Å². The molecule has 0 fully saturated rings. The van der Waals surface area contributed by atoms with Gasteiger partial charge in [0.15, 0.2) is 0 Å². The van der Waals surface area contributed by atoms with Gasteiger partial charge in [0.1, 0.15) is 17.2 Å². The molecule has 4 aromatic rings. The zero-order valence-corrected chi connectivity index (χ0v) is 16.9. The summed E-state index contributed by atoms with van der Waals surface area (Å²) in [7, 11) is 1.52. The minimum Gasteiger partial charge on any atom is -0.468 e. The number of carbonyl (C=O) groups is 1. The average Bonchev–Trinajstić information content (AvgIpc) is 3.41. The highest BCUT2D eigenvalue weighted by Gasteiger charge is 2.24. The number of imidazole rings is 1. The van der Waals surface area contributed by atoms with Crippen molar-refractivity contribution in [2.45, 2.75) is 13.0 Å². The van der Waals surface area contributed by atoms with E-state index in [4.69, 9.17) is 20.4 Å². The predicted molar refractivity (Wildman–Crippen MR) is 118 cm³/mol. The maximum atomic E-state index is 11.9. The van der Waals surface area contributed by atoms with Gasteiger partial charge in [-0.3, -0.25) is 4.79 Å². The monoisotopic (exact) mass is 415 g/mol. The highest BCUT2D eigenvalue weighted by atomic mass is 16.5. The minimum absolute atomic E-state index is 0.274. The van der Waals surface area contributed by atoms with E-state index in [0.29, 0.717) is 29.1 Å². The van der Waals surface area contributed by atoms with Crippen LogP contribution in [0.25, 0.3) is 17.0 Å². The van der Waals surface area contributed by atoms with Gasteiger partial charge >= 0.3 is 6.01 Å². The van der Waals surface area contributed by atoms with Gasteiger partial charge in [-0.2, -0.15) is 15.0 Å². The number of nitrogens with one attached hydrogen (secondary N) is 2. The third kappa shape index (κ3) is 3.29. The number of hydrogen-bond donors (Lipinski definition) is 3. The van der Waals surface area contributed by atoms with E-state index in [1.165, 1.54) is 7.11 Å². The number of nitrogens with zero attached hydrogens (tertiary/aromatic N) is 4. The number of carbonyl (C=O) groups excluding carboxylic acids is 1. The normalized spacial score (nSPS) is 12.4. The van der Waals surface area contributed by atoms with Crippen LogP contribution in [0, 0.1) is 0 Å². The Labute approximate surface area is 178 Å². The number of primary amides is 1. The molecule has 2 aromatic heterocycles. The summed E-state index contributed by atoms with van der Waals surface area (Å²) in [5.74, 6) is 1.36. The number of rotatable bonds is 6. The van der Waals surface area contributed by atoms with Crippen LogP contribution < -0.4 is 21.1 Å². The smallest absolute Gasteiger partial charge is 0.304 e. The molecule has 1 aliphatic heterocycles. The van der Waals surface area contributed by atoms with Crippen LogP contribution in [0.4, 0.5) is 11.6 Å². The molecule has 9 heteroatoms. The number of ether oxygens (including phenoxy) is 1. The van der Waals surface area contributed by atoms with Crippen LogP contribution >= 0.6 is 0 Å². The van der Waals surface area contributed by atoms with Crippen molar-refractivity contribution in [2.75, 3.05) is 24.3 Å². The standard InChI is InChI=1S/C22H21N7O2/c1-31-22-26-17-14(18(23)30)8-5-9-16(17)29(22)21-27-19-15(10-11-24-19)20(28-21)25-12-13-6-3-2-4-7-13/h2-9H,10-12H2,1H3,(H2,23,30)(H2,24,25,27,28). The lowest BCUT2D eigenvalue weighted by Gasteiger charge is -2.13. The first-order chi connectivity index (χ1) is 15.2. The molecule has 0 spiro atoms. The molecular weight excluding hydrogens is 394 g/mol. The van der Waals surface area contributed by atoms with Gasteiger partial charge in [0.05, 0.1) is 18.2 Å². The summed E-state index contributed by atoms with van der Waals surface area (Å²) in [5.41, 5.74) is 9.13. The van der Waals surface area contributed by atoms with E-state index in [-0.39, 0.29) is 6.01 Å². The van der Waals surface area contributed by atoms with Crippen LogP contribution in [0.15, 0.2) is 48.5 Å². The fourth-order valence-electron chi connectivity index (χ4n) is 3.80. The van der Waals surface area contributed by atoms with Crippen LogP contribution in [0.2, 0.25) is 0 Å². The summed E-state index contributed by atoms with van der Waals surface area (Å²) in [6, 6.07) is 15.6. The molecule has 4 N–H and O–H groups in total. The Kier molecular flexibility index (Phi) is 4.62. The number of para-hydroxylation sites is 1. The molecule has 5 rings (SSSR count). The summed E-state index contributed by atoms with van der Waals surface area (Å²) in [6.45, 7) is 1.43. The maximum absolute atomic E-state index is 11.9. The van der Waals surface area contributed by atoms with Crippen molar-refractivity contribution in [3.8, 4) is 12.0 Å². The summed E-state index contributed by atoms with van der Waals surface area (Å²) >= 11 is 0. The van der Waals surface area contributed by atoms with Crippen molar-refractivity contribution in [2.24, 2.45) is 5.73 Å². The van der Waals surface area contributed by atoms with Crippen molar-refractivity contribution in [1.82, 2.24) is 19.5 Å². The molecule has 156 valence electrons. The lowest BCUT2D eigenvalue weighted by Crippen LogP contribution is -2.12. The zero-order valence-electron chi connectivity index (χ0n) is 16.9. The highest BCUT2D eigenvalue weighted by molar-refractivity contribution is 6.04. The summed E-state index contributed by atoms with van der Waals surface area (Å²) in [5, 5.41) is 6.76. The fraction of sp³-hybridized carbons (Fsp3) is 0.182. The Morgan fingerprint density at radius 3 is 2.77 bits per heavy atom. The van der Waals surface area contributed by atoms with E-state index in [0.717, 1.165) is 35.7 Å². The van der Waals surface area contributed by atoms with E-state index in [2.05, 4.69) is 27.8 Å².